The van der Waals surface area contributed by atoms with Crippen molar-refractivity contribution >= 4 is 16.8 Å². The first-order valence-electron chi connectivity index (χ1n) is 6.97. The maximum atomic E-state index is 12.1. The van der Waals surface area contributed by atoms with E-state index >= 15 is 0 Å². The van der Waals surface area contributed by atoms with Crippen LogP contribution in [-0.2, 0) is 11.3 Å². The molecule has 104 valence electrons. The molecule has 4 heteroatoms. The molecule has 3 N–H and O–H groups in total. The number of carbonyl (C=O) groups excluding carboxylic acids is 1. The molecule has 1 aromatic heterocycles. The lowest BCUT2D eigenvalue weighted by atomic mass is 10.1. The molecule has 21 heavy (non-hydrogen) atoms. The van der Waals surface area contributed by atoms with Crippen LogP contribution in [0.2, 0.25) is 0 Å². The summed E-state index contributed by atoms with van der Waals surface area (Å²) in [4.78, 5) is 12.1. The lowest BCUT2D eigenvalue weighted by molar-refractivity contribution is -0.124. The van der Waals surface area contributed by atoms with Gasteiger partial charge in [0.05, 0.1) is 11.2 Å². The Balaban J connectivity index is 2.09. The average molecular weight is 277 g/mol. The first kappa shape index (κ1) is 12.2. The lowest BCUT2D eigenvalue weighted by Crippen LogP contribution is -2.35. The van der Waals surface area contributed by atoms with Crippen molar-refractivity contribution in [3.63, 3.8) is 0 Å². The fourth-order valence-electron chi connectivity index (χ4n) is 3.03. The third-order valence-corrected chi connectivity index (χ3v) is 4.01. The van der Waals surface area contributed by atoms with Gasteiger partial charge in [0.1, 0.15) is 0 Å². The van der Waals surface area contributed by atoms with Gasteiger partial charge in [-0.1, -0.05) is 48.5 Å². The van der Waals surface area contributed by atoms with Crippen molar-refractivity contribution in [1.29, 1.82) is 0 Å². The molecule has 0 aliphatic carbocycles. The Kier molecular flexibility index (Phi) is 2.59. The molecule has 1 aliphatic rings. The number of hydrogen-bond acceptors (Lipinski definition) is 2. The molecule has 1 amide bonds. The Morgan fingerprint density at radius 1 is 1.10 bits per heavy atom. The number of amides is 1. The van der Waals surface area contributed by atoms with E-state index in [2.05, 4.69) is 17.4 Å². The summed E-state index contributed by atoms with van der Waals surface area (Å²) in [5.41, 5.74) is 10.4. The van der Waals surface area contributed by atoms with Gasteiger partial charge < -0.3 is 15.6 Å². The summed E-state index contributed by atoms with van der Waals surface area (Å²) >= 11 is 0. The molecule has 4 nitrogen and oxygen atoms in total. The largest absolute Gasteiger partial charge is 0.349 e. The van der Waals surface area contributed by atoms with Gasteiger partial charge in [0, 0.05) is 11.9 Å². The van der Waals surface area contributed by atoms with Crippen molar-refractivity contribution in [1.82, 2.24) is 9.88 Å². The van der Waals surface area contributed by atoms with Crippen LogP contribution in [0.15, 0.2) is 54.6 Å². The molecule has 3 aromatic rings. The second kappa shape index (κ2) is 4.46. The van der Waals surface area contributed by atoms with E-state index in [4.69, 9.17) is 5.73 Å². The molecule has 1 atom stereocenters. The van der Waals surface area contributed by atoms with Crippen molar-refractivity contribution in [2.24, 2.45) is 5.73 Å². The molecule has 0 saturated carbocycles. The van der Waals surface area contributed by atoms with Crippen LogP contribution in [0.25, 0.3) is 22.2 Å². The molecular weight excluding hydrogens is 262 g/mol. The quantitative estimate of drug-likeness (QED) is 0.717. The molecule has 2 aromatic carbocycles. The third-order valence-electron chi connectivity index (χ3n) is 4.01. The van der Waals surface area contributed by atoms with Gasteiger partial charge in [-0.15, -0.1) is 0 Å². The summed E-state index contributed by atoms with van der Waals surface area (Å²) in [7, 11) is 0. The summed E-state index contributed by atoms with van der Waals surface area (Å²) in [6, 6.07) is 18.2. The minimum Gasteiger partial charge on any atom is -0.349 e. The van der Waals surface area contributed by atoms with E-state index < -0.39 is 6.17 Å². The smallest absolute Gasteiger partial charge is 0.258 e. The Morgan fingerprint density at radius 3 is 2.71 bits per heavy atom. The number of aromatic nitrogens is 1. The molecule has 0 saturated heterocycles. The Labute approximate surface area is 122 Å². The van der Waals surface area contributed by atoms with Crippen LogP contribution in [-0.4, -0.2) is 10.5 Å². The zero-order valence-corrected chi connectivity index (χ0v) is 11.4. The second-order valence-electron chi connectivity index (χ2n) is 5.28. The molecule has 0 radical (unpaired) electrons. The number of benzene rings is 2. The predicted molar refractivity (Wildman–Crippen MR) is 82.4 cm³/mol. The number of carbonyl (C=O) groups is 1. The second-order valence-corrected chi connectivity index (χ2v) is 5.28. The first-order valence-corrected chi connectivity index (χ1v) is 6.97. The number of nitrogens with zero attached hydrogens (tertiary/aromatic N) is 1. The van der Waals surface area contributed by atoms with Crippen molar-refractivity contribution in [2.75, 3.05) is 0 Å². The number of nitrogens with two attached hydrogens (primary N) is 1. The fraction of sp³-hybridized carbons (Fsp3) is 0.118. The van der Waals surface area contributed by atoms with Crippen LogP contribution < -0.4 is 11.1 Å². The van der Waals surface area contributed by atoms with E-state index in [0.29, 0.717) is 6.54 Å². The van der Waals surface area contributed by atoms with Crippen LogP contribution in [0, 0.1) is 0 Å². The van der Waals surface area contributed by atoms with Crippen LogP contribution >= 0.6 is 0 Å². The number of rotatable bonds is 1. The minimum atomic E-state index is -0.707. The van der Waals surface area contributed by atoms with Crippen molar-refractivity contribution in [2.45, 2.75) is 12.7 Å². The maximum absolute atomic E-state index is 12.1. The third kappa shape index (κ3) is 1.76. The summed E-state index contributed by atoms with van der Waals surface area (Å²) < 4.78 is 1.95. The van der Waals surface area contributed by atoms with Gasteiger partial charge in [-0.2, -0.15) is 0 Å². The fourth-order valence-corrected chi connectivity index (χ4v) is 3.03. The highest BCUT2D eigenvalue weighted by Gasteiger charge is 2.25. The summed E-state index contributed by atoms with van der Waals surface area (Å²) in [6.45, 7) is 0.516. The standard InChI is InChI=1S/C17H15N3O/c18-16-17(21)19-10-13-8-4-7-12-9-14(20(16)15(12)13)11-5-2-1-3-6-11/h1-9,16H,10,18H2,(H,19,21)/t16-/m1/s1. The highest BCUT2D eigenvalue weighted by atomic mass is 16.2. The SMILES string of the molecule is N[C@H]1C(=O)NCc2cccc3cc(-c4ccccc4)n1c23. The first-order chi connectivity index (χ1) is 10.3. The Bertz CT molecular complexity index is 836. The topological polar surface area (TPSA) is 60.1 Å². The van der Waals surface area contributed by atoms with Crippen molar-refractivity contribution in [3.05, 3.63) is 60.2 Å². The summed E-state index contributed by atoms with van der Waals surface area (Å²) in [5, 5.41) is 3.99. The Hall–Kier alpha value is -2.59. The van der Waals surface area contributed by atoms with Crippen LogP contribution in [0.1, 0.15) is 11.7 Å². The van der Waals surface area contributed by atoms with Crippen LogP contribution in [0.5, 0.6) is 0 Å². The van der Waals surface area contributed by atoms with Gasteiger partial charge in [-0.05, 0) is 17.2 Å². The van der Waals surface area contributed by atoms with Crippen molar-refractivity contribution < 1.29 is 4.79 Å². The molecular formula is C17H15N3O. The minimum absolute atomic E-state index is 0.152. The number of hydrogen-bond donors (Lipinski definition) is 2. The van der Waals surface area contributed by atoms with E-state index in [1.54, 1.807) is 0 Å². The molecule has 2 heterocycles. The molecule has 0 spiro atoms. The molecule has 0 fully saturated rings. The van der Waals surface area contributed by atoms with Gasteiger partial charge in [-0.25, -0.2) is 0 Å². The van der Waals surface area contributed by atoms with Gasteiger partial charge in [0.25, 0.3) is 5.91 Å². The maximum Gasteiger partial charge on any atom is 0.258 e. The number of nitrogens with one attached hydrogen (secondary N) is 1. The summed E-state index contributed by atoms with van der Waals surface area (Å²) in [6.07, 6.45) is -0.707. The molecule has 0 bridgehead atoms. The predicted octanol–water partition coefficient (Wildman–Crippen LogP) is 2.40. The number of para-hydroxylation sites is 1. The molecule has 1 aliphatic heterocycles. The van der Waals surface area contributed by atoms with Gasteiger partial charge >= 0.3 is 0 Å². The van der Waals surface area contributed by atoms with E-state index in [0.717, 1.165) is 27.7 Å². The van der Waals surface area contributed by atoms with Gasteiger partial charge in [0.15, 0.2) is 6.17 Å². The van der Waals surface area contributed by atoms with E-state index in [1.807, 2.05) is 47.0 Å². The highest BCUT2D eigenvalue weighted by molar-refractivity contribution is 5.94. The van der Waals surface area contributed by atoms with E-state index in [9.17, 15) is 4.79 Å². The van der Waals surface area contributed by atoms with Crippen LogP contribution in [0.3, 0.4) is 0 Å². The monoisotopic (exact) mass is 277 g/mol. The summed E-state index contributed by atoms with van der Waals surface area (Å²) in [5.74, 6) is -0.152. The Morgan fingerprint density at radius 2 is 1.90 bits per heavy atom. The zero-order chi connectivity index (χ0) is 14.4. The van der Waals surface area contributed by atoms with E-state index in [1.165, 1.54) is 0 Å². The average Bonchev–Trinajstić information content (AvgIpc) is 2.86. The van der Waals surface area contributed by atoms with Crippen molar-refractivity contribution in [3.8, 4) is 11.3 Å². The van der Waals surface area contributed by atoms with Gasteiger partial charge in [-0.3, -0.25) is 4.79 Å². The molecule has 0 unspecified atom stereocenters. The molecule has 4 rings (SSSR count). The lowest BCUT2D eigenvalue weighted by Gasteiger charge is -2.15. The van der Waals surface area contributed by atoms with Gasteiger partial charge in [0.2, 0.25) is 0 Å². The highest BCUT2D eigenvalue weighted by Crippen LogP contribution is 2.33. The van der Waals surface area contributed by atoms with Crippen LogP contribution in [0.4, 0.5) is 0 Å². The normalized spacial score (nSPS) is 17.6. The zero-order valence-electron chi connectivity index (χ0n) is 11.4. The van der Waals surface area contributed by atoms with E-state index in [-0.39, 0.29) is 5.91 Å².